The van der Waals surface area contributed by atoms with Crippen molar-refractivity contribution in [3.05, 3.63) is 49.2 Å². The number of carbonyl (C=O) groups is 1. The lowest BCUT2D eigenvalue weighted by atomic mass is 9.97. The van der Waals surface area contributed by atoms with Gasteiger partial charge in [-0.1, -0.05) is 0 Å². The number of thiophene rings is 1. The minimum Gasteiger partial charge on any atom is -0.444 e. The van der Waals surface area contributed by atoms with Gasteiger partial charge in [-0.3, -0.25) is 14.5 Å². The molecule has 0 unspecified atom stereocenters. The second-order valence-corrected chi connectivity index (χ2v) is 9.44. The van der Waals surface area contributed by atoms with Gasteiger partial charge in [0.25, 0.3) is 11.5 Å². The van der Waals surface area contributed by atoms with Crippen LogP contribution >= 0.6 is 27.3 Å². The molecule has 29 heavy (non-hydrogen) atoms. The molecule has 0 spiro atoms. The van der Waals surface area contributed by atoms with Gasteiger partial charge < -0.3 is 14.3 Å². The van der Waals surface area contributed by atoms with E-state index in [1.165, 1.54) is 16.9 Å². The van der Waals surface area contributed by atoms with E-state index < -0.39 is 0 Å². The molecule has 1 amide bonds. The minimum atomic E-state index is -0.0903. The standard InChI is InChI=1S/C20H21BrN4O3S/c21-15-6-5-13(28-15)20(27)25-9-7-24(8-10-25)11-16-22-18(26)17-12-3-1-2-4-14(12)29-19(17)23-16/h5-6H,1-4,7-11H2,(H,22,23,26). The zero-order valence-corrected chi connectivity index (χ0v) is 18.3. The van der Waals surface area contributed by atoms with Crippen LogP contribution in [-0.2, 0) is 19.4 Å². The topological polar surface area (TPSA) is 82.4 Å². The number of piperazine rings is 1. The number of hydrogen-bond donors (Lipinski definition) is 1. The summed E-state index contributed by atoms with van der Waals surface area (Å²) in [7, 11) is 0. The van der Waals surface area contributed by atoms with Crippen LogP contribution < -0.4 is 5.56 Å². The van der Waals surface area contributed by atoms with E-state index in [1.807, 2.05) is 0 Å². The second-order valence-electron chi connectivity index (χ2n) is 7.58. The molecule has 0 aromatic carbocycles. The number of aromatic amines is 1. The van der Waals surface area contributed by atoms with Gasteiger partial charge in [-0.2, -0.15) is 0 Å². The summed E-state index contributed by atoms with van der Waals surface area (Å²) in [5.74, 6) is 0.965. The Kier molecular flexibility index (Phi) is 5.05. The van der Waals surface area contributed by atoms with E-state index in [2.05, 4.69) is 25.8 Å². The number of fused-ring (bicyclic) bond motifs is 3. The first-order valence-corrected chi connectivity index (χ1v) is 11.5. The molecule has 4 heterocycles. The molecule has 1 fully saturated rings. The van der Waals surface area contributed by atoms with Crippen molar-refractivity contribution < 1.29 is 9.21 Å². The Hall–Kier alpha value is -1.97. The fraction of sp³-hybridized carbons (Fsp3) is 0.450. The lowest BCUT2D eigenvalue weighted by Gasteiger charge is -2.33. The van der Waals surface area contributed by atoms with Crippen molar-refractivity contribution in [1.29, 1.82) is 0 Å². The summed E-state index contributed by atoms with van der Waals surface area (Å²) >= 11 is 4.91. The third kappa shape index (κ3) is 3.67. The number of rotatable bonds is 3. The summed E-state index contributed by atoms with van der Waals surface area (Å²) in [6.45, 7) is 3.29. The predicted octanol–water partition coefficient (Wildman–Crippen LogP) is 3.18. The van der Waals surface area contributed by atoms with Gasteiger partial charge in [0.05, 0.1) is 11.9 Å². The molecule has 1 N–H and O–H groups in total. The molecule has 3 aromatic rings. The molecule has 3 aromatic heterocycles. The molecule has 0 radical (unpaired) electrons. The van der Waals surface area contributed by atoms with Crippen molar-refractivity contribution >= 4 is 43.4 Å². The van der Waals surface area contributed by atoms with Crippen LogP contribution in [0.15, 0.2) is 26.0 Å². The van der Waals surface area contributed by atoms with Gasteiger partial charge in [0.15, 0.2) is 10.4 Å². The lowest BCUT2D eigenvalue weighted by molar-refractivity contribution is 0.0593. The maximum atomic E-state index is 12.7. The monoisotopic (exact) mass is 476 g/mol. The minimum absolute atomic E-state index is 0.0124. The Balaban J connectivity index is 1.27. The van der Waals surface area contributed by atoms with Crippen LogP contribution in [-0.4, -0.2) is 51.9 Å². The van der Waals surface area contributed by atoms with Crippen LogP contribution in [0.1, 0.15) is 39.7 Å². The molecular weight excluding hydrogens is 456 g/mol. The maximum absolute atomic E-state index is 12.7. The summed E-state index contributed by atoms with van der Waals surface area (Å²) in [5, 5.41) is 0.800. The number of aryl methyl sites for hydroxylation is 2. The van der Waals surface area contributed by atoms with Crippen LogP contribution in [0.5, 0.6) is 0 Å². The van der Waals surface area contributed by atoms with Gasteiger partial charge in [0.2, 0.25) is 0 Å². The number of nitrogens with zero attached hydrogens (tertiary/aromatic N) is 3. The van der Waals surface area contributed by atoms with E-state index in [4.69, 9.17) is 9.40 Å². The highest BCUT2D eigenvalue weighted by Crippen LogP contribution is 2.33. The average molecular weight is 477 g/mol. The highest BCUT2D eigenvalue weighted by Gasteiger charge is 2.25. The number of furan rings is 1. The van der Waals surface area contributed by atoms with E-state index in [0.717, 1.165) is 42.6 Å². The van der Waals surface area contributed by atoms with Crippen LogP contribution in [0, 0.1) is 0 Å². The van der Waals surface area contributed by atoms with Gasteiger partial charge >= 0.3 is 0 Å². The SMILES string of the molecule is O=C(c1ccc(Br)o1)N1CCN(Cc2nc3sc4c(c3c(=O)[nH]2)CCCC4)CC1. The molecule has 0 bridgehead atoms. The summed E-state index contributed by atoms with van der Waals surface area (Å²) in [6, 6.07) is 3.41. The van der Waals surface area contributed by atoms with E-state index >= 15 is 0 Å². The van der Waals surface area contributed by atoms with E-state index in [1.54, 1.807) is 28.4 Å². The van der Waals surface area contributed by atoms with Gasteiger partial charge in [-0.05, 0) is 59.3 Å². The first-order valence-electron chi connectivity index (χ1n) is 9.89. The number of hydrogen-bond acceptors (Lipinski definition) is 6. The van der Waals surface area contributed by atoms with Gasteiger partial charge in [-0.25, -0.2) is 4.98 Å². The summed E-state index contributed by atoms with van der Waals surface area (Å²) in [6.07, 6.45) is 4.40. The number of amides is 1. The molecule has 5 rings (SSSR count). The Morgan fingerprint density at radius 1 is 1.21 bits per heavy atom. The third-order valence-corrected chi connectivity index (χ3v) is 7.30. The molecule has 9 heteroatoms. The number of H-pyrrole nitrogens is 1. The quantitative estimate of drug-likeness (QED) is 0.627. The third-order valence-electron chi connectivity index (χ3n) is 5.69. The predicted molar refractivity (Wildman–Crippen MR) is 114 cm³/mol. The number of nitrogens with one attached hydrogen (secondary N) is 1. The number of carbonyl (C=O) groups excluding carboxylic acids is 1. The Bertz CT molecular complexity index is 1130. The zero-order valence-electron chi connectivity index (χ0n) is 15.9. The molecular formula is C20H21BrN4O3S. The highest BCUT2D eigenvalue weighted by atomic mass is 79.9. The van der Waals surface area contributed by atoms with E-state index in [9.17, 15) is 9.59 Å². The zero-order chi connectivity index (χ0) is 20.0. The van der Waals surface area contributed by atoms with Crippen LogP contribution in [0.4, 0.5) is 0 Å². The van der Waals surface area contributed by atoms with E-state index in [0.29, 0.717) is 35.9 Å². The van der Waals surface area contributed by atoms with Crippen LogP contribution in [0.2, 0.25) is 0 Å². The first-order chi connectivity index (χ1) is 14.1. The van der Waals surface area contributed by atoms with Crippen LogP contribution in [0.3, 0.4) is 0 Å². The summed E-state index contributed by atoms with van der Waals surface area (Å²) in [4.78, 5) is 39.2. The van der Waals surface area contributed by atoms with Crippen LogP contribution in [0.25, 0.3) is 10.2 Å². The fourth-order valence-corrected chi connectivity index (χ4v) is 5.78. The molecule has 0 atom stereocenters. The van der Waals surface area contributed by atoms with Gasteiger partial charge in [0, 0.05) is 31.1 Å². The number of halogens is 1. The number of aromatic nitrogens is 2. The molecule has 0 saturated carbocycles. The normalized spacial score (nSPS) is 17.6. The second kappa shape index (κ2) is 7.70. The molecule has 7 nitrogen and oxygen atoms in total. The van der Waals surface area contributed by atoms with Gasteiger partial charge in [-0.15, -0.1) is 11.3 Å². The van der Waals surface area contributed by atoms with Crippen molar-refractivity contribution in [3.8, 4) is 0 Å². The fourth-order valence-electron chi connectivity index (χ4n) is 4.19. The Morgan fingerprint density at radius 2 is 2.00 bits per heavy atom. The van der Waals surface area contributed by atoms with Crippen molar-refractivity contribution in [1.82, 2.24) is 19.8 Å². The van der Waals surface area contributed by atoms with Crippen molar-refractivity contribution in [3.63, 3.8) is 0 Å². The molecule has 1 saturated heterocycles. The average Bonchev–Trinajstić information content (AvgIpc) is 3.31. The lowest BCUT2D eigenvalue weighted by Crippen LogP contribution is -2.48. The molecule has 1 aliphatic carbocycles. The first kappa shape index (κ1) is 19.0. The van der Waals surface area contributed by atoms with Crippen molar-refractivity contribution in [2.45, 2.75) is 32.2 Å². The largest absolute Gasteiger partial charge is 0.444 e. The Morgan fingerprint density at radius 3 is 2.76 bits per heavy atom. The summed E-state index contributed by atoms with van der Waals surface area (Å²) < 4.78 is 5.93. The van der Waals surface area contributed by atoms with E-state index in [-0.39, 0.29) is 11.5 Å². The maximum Gasteiger partial charge on any atom is 0.289 e. The van der Waals surface area contributed by atoms with Crippen molar-refractivity contribution in [2.24, 2.45) is 0 Å². The van der Waals surface area contributed by atoms with Gasteiger partial charge in [0.1, 0.15) is 10.7 Å². The molecule has 1 aliphatic heterocycles. The molecule has 152 valence electrons. The Labute approximate surface area is 179 Å². The smallest absolute Gasteiger partial charge is 0.289 e. The van der Waals surface area contributed by atoms with Crippen molar-refractivity contribution in [2.75, 3.05) is 26.2 Å². The summed E-state index contributed by atoms with van der Waals surface area (Å²) in [5.41, 5.74) is 1.20. The molecule has 2 aliphatic rings. The highest BCUT2D eigenvalue weighted by molar-refractivity contribution is 9.10.